The quantitative estimate of drug-likeness (QED) is 0.487. The lowest BCUT2D eigenvalue weighted by Crippen LogP contribution is -2.45. The van der Waals surface area contributed by atoms with E-state index in [2.05, 4.69) is 30.0 Å². The van der Waals surface area contributed by atoms with Gasteiger partial charge in [0.15, 0.2) is 6.04 Å². The number of piperidine rings is 1. The van der Waals surface area contributed by atoms with Crippen molar-refractivity contribution < 1.29 is 27.1 Å². The molecule has 38 heavy (non-hydrogen) atoms. The molecule has 0 spiro atoms. The van der Waals surface area contributed by atoms with Gasteiger partial charge < -0.3 is 15.4 Å². The van der Waals surface area contributed by atoms with Crippen molar-refractivity contribution in [2.24, 2.45) is 9.98 Å². The van der Waals surface area contributed by atoms with E-state index in [4.69, 9.17) is 4.74 Å². The van der Waals surface area contributed by atoms with Crippen molar-refractivity contribution in [3.8, 4) is 5.88 Å². The first-order valence-corrected chi connectivity index (χ1v) is 12.9. The highest BCUT2D eigenvalue weighted by molar-refractivity contribution is 7.11. The van der Waals surface area contributed by atoms with Gasteiger partial charge in [0.05, 0.1) is 35.9 Å². The zero-order chi connectivity index (χ0) is 27.5. The number of nitrogens with one attached hydrogen (secondary N) is 2. The lowest BCUT2D eigenvalue weighted by atomic mass is 10.1. The first kappa shape index (κ1) is 27.9. The normalized spacial score (nSPS) is 20.7. The highest BCUT2D eigenvalue weighted by Gasteiger charge is 2.40. The molecule has 2 aromatic rings. The number of likely N-dealkylation sites (tertiary alicyclic amines) is 1. The van der Waals surface area contributed by atoms with E-state index in [1.165, 1.54) is 6.20 Å². The summed E-state index contributed by atoms with van der Waals surface area (Å²) in [4.78, 5) is 26.7. The molecule has 2 N–H and O–H groups in total. The Morgan fingerprint density at radius 1 is 1.26 bits per heavy atom. The van der Waals surface area contributed by atoms with Gasteiger partial charge in [-0.25, -0.2) is 9.37 Å². The van der Waals surface area contributed by atoms with Crippen LogP contribution in [0.2, 0.25) is 0 Å². The Labute approximate surface area is 221 Å². The molecule has 1 amide bonds. The lowest BCUT2D eigenvalue weighted by Gasteiger charge is -2.34. The van der Waals surface area contributed by atoms with Crippen LogP contribution < -0.4 is 15.4 Å². The number of aliphatic imine (C=N–C) groups is 2. The van der Waals surface area contributed by atoms with Crippen molar-refractivity contribution in [1.82, 2.24) is 14.3 Å². The van der Waals surface area contributed by atoms with Gasteiger partial charge in [-0.05, 0) is 57.8 Å². The van der Waals surface area contributed by atoms with Gasteiger partial charge in [-0.3, -0.25) is 19.7 Å². The van der Waals surface area contributed by atoms with Gasteiger partial charge in [-0.2, -0.15) is 17.5 Å². The van der Waals surface area contributed by atoms with Crippen molar-refractivity contribution in [1.29, 1.82) is 0 Å². The fourth-order valence-corrected chi connectivity index (χ4v) is 5.01. The monoisotopic (exact) mass is 555 g/mol. The molecular weight excluding hydrogens is 526 g/mol. The number of aromatic nitrogens is 2. The highest BCUT2D eigenvalue weighted by atomic mass is 32.1. The Morgan fingerprint density at radius 3 is 2.68 bits per heavy atom. The molecule has 0 aliphatic carbocycles. The van der Waals surface area contributed by atoms with E-state index in [0.29, 0.717) is 35.4 Å². The lowest BCUT2D eigenvalue weighted by molar-refractivity contribution is -0.144. The van der Waals surface area contributed by atoms with Crippen LogP contribution in [-0.4, -0.2) is 82.4 Å². The maximum absolute atomic E-state index is 14.0. The molecule has 2 aliphatic rings. The molecule has 206 valence electrons. The molecule has 4 rings (SSSR count). The number of anilines is 2. The maximum Gasteiger partial charge on any atom is 0.412 e. The zero-order valence-electron chi connectivity index (χ0n) is 21.2. The molecular formula is C24H29F4N7O2S. The Kier molecular flexibility index (Phi) is 8.31. The second kappa shape index (κ2) is 11.3. The number of carbonyl (C=O) groups excluding carboxylic acids is 1. The zero-order valence-corrected chi connectivity index (χ0v) is 22.0. The predicted octanol–water partition coefficient (Wildman–Crippen LogP) is 4.52. The molecule has 4 heterocycles. The molecule has 1 fully saturated rings. The summed E-state index contributed by atoms with van der Waals surface area (Å²) in [6, 6.07) is 1.43. The number of amides is 1. The van der Waals surface area contributed by atoms with E-state index in [9.17, 15) is 22.4 Å². The third-order valence-corrected chi connectivity index (χ3v) is 6.72. The second-order valence-electron chi connectivity index (χ2n) is 9.83. The number of hydrogen-bond acceptors (Lipinski definition) is 9. The van der Waals surface area contributed by atoms with E-state index in [1.807, 2.05) is 4.90 Å². The van der Waals surface area contributed by atoms with Crippen molar-refractivity contribution >= 4 is 40.2 Å². The Morgan fingerprint density at radius 2 is 2.05 bits per heavy atom. The summed E-state index contributed by atoms with van der Waals surface area (Å²) >= 11 is 0.991. The van der Waals surface area contributed by atoms with E-state index in [-0.39, 0.29) is 17.5 Å². The predicted molar refractivity (Wildman–Crippen MR) is 139 cm³/mol. The van der Waals surface area contributed by atoms with Crippen LogP contribution in [0, 0.1) is 6.92 Å². The summed E-state index contributed by atoms with van der Waals surface area (Å²) in [6.07, 6.45) is -0.349. The Balaban J connectivity index is 1.34. The van der Waals surface area contributed by atoms with E-state index < -0.39 is 30.3 Å². The van der Waals surface area contributed by atoms with E-state index in [1.54, 1.807) is 32.9 Å². The number of carbonyl (C=O) groups is 1. The average molecular weight is 556 g/mol. The molecule has 0 aromatic carbocycles. The van der Waals surface area contributed by atoms with Gasteiger partial charge in [0.1, 0.15) is 22.6 Å². The summed E-state index contributed by atoms with van der Waals surface area (Å²) < 4.78 is 62.6. The maximum atomic E-state index is 14.0. The van der Waals surface area contributed by atoms with Gasteiger partial charge in [0.2, 0.25) is 5.88 Å². The molecule has 2 aliphatic heterocycles. The summed E-state index contributed by atoms with van der Waals surface area (Å²) in [5.41, 5.74) is -0.169. The van der Waals surface area contributed by atoms with E-state index in [0.717, 1.165) is 37.1 Å². The molecule has 2 unspecified atom stereocenters. The SMILES string of the molecule is Cc1nsc(NC2=NCC(C(F)(F)F)N=C2)c1C(=O)Nc1ccc(OC2CCCN(CC(C)(C)F)C2)nc1. The fraction of sp³-hybridized carbons (Fsp3) is 0.542. The van der Waals surface area contributed by atoms with E-state index >= 15 is 0 Å². The largest absolute Gasteiger partial charge is 0.473 e. The molecule has 2 atom stereocenters. The summed E-state index contributed by atoms with van der Waals surface area (Å²) in [5, 5.41) is 5.93. The van der Waals surface area contributed by atoms with Gasteiger partial charge in [-0.1, -0.05) is 0 Å². The number of aryl methyl sites for hydroxylation is 1. The number of rotatable bonds is 7. The third kappa shape index (κ3) is 7.47. The molecule has 2 aromatic heterocycles. The highest BCUT2D eigenvalue weighted by Crippen LogP contribution is 2.28. The summed E-state index contributed by atoms with van der Waals surface area (Å²) in [5.74, 6) is 0.0482. The van der Waals surface area contributed by atoms with Crippen LogP contribution in [0.25, 0.3) is 0 Å². The topological polar surface area (TPSA) is 104 Å². The molecule has 1 saturated heterocycles. The molecule has 9 nitrogen and oxygen atoms in total. The smallest absolute Gasteiger partial charge is 0.412 e. The molecule has 0 radical (unpaired) electrons. The van der Waals surface area contributed by atoms with Gasteiger partial charge in [-0.15, -0.1) is 0 Å². The number of hydrogen-bond donors (Lipinski definition) is 2. The van der Waals surface area contributed by atoms with Crippen LogP contribution in [0.3, 0.4) is 0 Å². The minimum Gasteiger partial charge on any atom is -0.473 e. The fourth-order valence-electron chi connectivity index (χ4n) is 4.20. The summed E-state index contributed by atoms with van der Waals surface area (Å²) in [7, 11) is 0. The van der Waals surface area contributed by atoms with Crippen molar-refractivity contribution in [3.63, 3.8) is 0 Å². The van der Waals surface area contributed by atoms with Crippen LogP contribution in [0.5, 0.6) is 5.88 Å². The average Bonchev–Trinajstić information content (AvgIpc) is 3.19. The van der Waals surface area contributed by atoms with Crippen molar-refractivity contribution in [3.05, 3.63) is 29.6 Å². The standard InChI is InChI=1S/C24H29F4N7O2S/c1-14-20(22(38-34-14)33-18-11-29-17(10-30-18)24(26,27)28)21(36)32-15-6-7-19(31-9-15)37-16-5-4-8-35(12-16)13-23(2,3)25/h6-7,9,11,16-17H,4-5,8,10,12-13H2,1-3H3,(H,30,33)(H,32,36). The number of alkyl halides is 4. The molecule has 14 heteroatoms. The Bertz CT molecular complexity index is 1190. The third-order valence-electron chi connectivity index (χ3n) is 5.86. The molecule has 0 saturated carbocycles. The van der Waals surface area contributed by atoms with Crippen LogP contribution in [-0.2, 0) is 0 Å². The van der Waals surface area contributed by atoms with Gasteiger partial charge in [0, 0.05) is 19.2 Å². The minimum absolute atomic E-state index is 0.107. The number of pyridine rings is 1. The molecule has 0 bridgehead atoms. The number of halogens is 4. The van der Waals surface area contributed by atoms with Crippen molar-refractivity contribution in [2.45, 2.75) is 57.6 Å². The van der Waals surface area contributed by atoms with Crippen molar-refractivity contribution in [2.75, 3.05) is 36.8 Å². The van der Waals surface area contributed by atoms with Crippen LogP contribution in [0.15, 0.2) is 28.3 Å². The number of ether oxygens (including phenoxy) is 1. The summed E-state index contributed by atoms with van der Waals surface area (Å²) in [6.45, 7) is 6.02. The minimum atomic E-state index is -4.46. The van der Waals surface area contributed by atoms with Crippen LogP contribution in [0.1, 0.15) is 42.7 Å². The van der Waals surface area contributed by atoms with Crippen LogP contribution in [0.4, 0.5) is 28.3 Å². The number of amidine groups is 1. The second-order valence-corrected chi connectivity index (χ2v) is 10.6. The van der Waals surface area contributed by atoms with Gasteiger partial charge in [0.25, 0.3) is 5.91 Å². The first-order valence-electron chi connectivity index (χ1n) is 12.1. The van der Waals surface area contributed by atoms with Gasteiger partial charge >= 0.3 is 6.18 Å². The first-order chi connectivity index (χ1) is 17.9. The number of nitrogens with zero attached hydrogens (tertiary/aromatic N) is 5. The Hall–Kier alpha value is -3.13. The van der Waals surface area contributed by atoms with Crippen LogP contribution >= 0.6 is 11.5 Å².